The fourth-order valence-electron chi connectivity index (χ4n) is 3.65. The number of nitrogens with one attached hydrogen (secondary N) is 1. The number of hydrogen-bond acceptors (Lipinski definition) is 2. The molecule has 140 valence electrons. The van der Waals surface area contributed by atoms with Crippen molar-refractivity contribution in [2.24, 2.45) is 0 Å². The molecule has 0 aliphatic heterocycles. The van der Waals surface area contributed by atoms with Gasteiger partial charge in [0.05, 0.1) is 23.2 Å². The van der Waals surface area contributed by atoms with Crippen LogP contribution >= 0.6 is 34.8 Å². The molecule has 0 spiro atoms. The summed E-state index contributed by atoms with van der Waals surface area (Å²) in [7, 11) is 1.64. The van der Waals surface area contributed by atoms with E-state index in [1.165, 1.54) is 0 Å². The first-order chi connectivity index (χ1) is 12.9. The highest BCUT2D eigenvalue weighted by Crippen LogP contribution is 2.55. The van der Waals surface area contributed by atoms with Crippen LogP contribution in [0, 0.1) is 13.8 Å². The Morgan fingerprint density at radius 2 is 1.78 bits per heavy atom. The first kappa shape index (κ1) is 18.7. The first-order valence-corrected chi connectivity index (χ1v) is 9.86. The van der Waals surface area contributed by atoms with Crippen LogP contribution in [0.1, 0.15) is 35.5 Å². The number of aryl methyl sites for hydroxylation is 2. The van der Waals surface area contributed by atoms with E-state index in [4.69, 9.17) is 44.5 Å². The standard InChI is InChI=1S/C21H19Cl3N2O/c1-11-8-14(16(23)10-18(11)27-3)19-12(2)25-20(26-19)21(6-7-21)15-5-4-13(22)9-17(15)24/h4-5,8-10H,6-7H2,1-3H3,(H,25,26). The minimum absolute atomic E-state index is 0.182. The highest BCUT2D eigenvalue weighted by molar-refractivity contribution is 6.35. The second-order valence-corrected chi connectivity index (χ2v) is 8.32. The van der Waals surface area contributed by atoms with Crippen molar-refractivity contribution in [2.45, 2.75) is 32.1 Å². The van der Waals surface area contributed by atoms with Gasteiger partial charge in [0.15, 0.2) is 0 Å². The fourth-order valence-corrected chi connectivity index (χ4v) is 4.48. The SMILES string of the molecule is COc1cc(Cl)c(-c2nc(C3(c4ccc(Cl)cc4Cl)CC3)[nH]c2C)cc1C. The molecule has 0 bridgehead atoms. The number of halogens is 3. The molecule has 27 heavy (non-hydrogen) atoms. The molecule has 3 nitrogen and oxygen atoms in total. The Morgan fingerprint density at radius 1 is 1.04 bits per heavy atom. The molecule has 1 heterocycles. The monoisotopic (exact) mass is 420 g/mol. The Labute approximate surface area is 173 Å². The molecule has 1 saturated carbocycles. The van der Waals surface area contributed by atoms with Crippen LogP contribution in [-0.2, 0) is 5.41 Å². The van der Waals surface area contributed by atoms with E-state index in [0.717, 1.165) is 52.5 Å². The Balaban J connectivity index is 1.80. The molecule has 0 saturated heterocycles. The number of hydrogen-bond donors (Lipinski definition) is 1. The van der Waals surface area contributed by atoms with Crippen molar-refractivity contribution in [1.82, 2.24) is 9.97 Å². The summed E-state index contributed by atoms with van der Waals surface area (Å²) in [4.78, 5) is 8.41. The van der Waals surface area contributed by atoms with Crippen LogP contribution in [0.4, 0.5) is 0 Å². The second-order valence-electron chi connectivity index (χ2n) is 7.07. The van der Waals surface area contributed by atoms with Crippen LogP contribution < -0.4 is 4.74 Å². The molecule has 4 rings (SSSR count). The summed E-state index contributed by atoms with van der Waals surface area (Å²) in [5, 5.41) is 1.93. The quantitative estimate of drug-likeness (QED) is 0.506. The molecule has 0 unspecified atom stereocenters. The number of aromatic amines is 1. The number of methoxy groups -OCH3 is 1. The normalized spacial score (nSPS) is 15.0. The largest absolute Gasteiger partial charge is 0.496 e. The molecular formula is C21H19Cl3N2O. The van der Waals surface area contributed by atoms with Gasteiger partial charge in [0, 0.05) is 21.3 Å². The number of ether oxygens (including phenoxy) is 1. The van der Waals surface area contributed by atoms with E-state index >= 15 is 0 Å². The molecule has 1 aromatic heterocycles. The van der Waals surface area contributed by atoms with Gasteiger partial charge in [-0.3, -0.25) is 0 Å². The molecule has 0 atom stereocenters. The topological polar surface area (TPSA) is 37.9 Å². The van der Waals surface area contributed by atoms with E-state index < -0.39 is 0 Å². The zero-order valence-electron chi connectivity index (χ0n) is 15.3. The van der Waals surface area contributed by atoms with E-state index in [-0.39, 0.29) is 5.41 Å². The smallest absolute Gasteiger partial charge is 0.123 e. The van der Waals surface area contributed by atoms with Crippen LogP contribution in [-0.4, -0.2) is 17.1 Å². The Kier molecular flexibility index (Phi) is 4.66. The van der Waals surface area contributed by atoms with Crippen LogP contribution in [0.2, 0.25) is 15.1 Å². The summed E-state index contributed by atoms with van der Waals surface area (Å²) >= 11 is 19.1. The zero-order valence-corrected chi connectivity index (χ0v) is 17.6. The van der Waals surface area contributed by atoms with Crippen molar-refractivity contribution in [1.29, 1.82) is 0 Å². The molecule has 1 aliphatic carbocycles. The molecule has 2 aromatic carbocycles. The summed E-state index contributed by atoms with van der Waals surface area (Å²) < 4.78 is 5.36. The lowest BCUT2D eigenvalue weighted by molar-refractivity contribution is 0.412. The van der Waals surface area contributed by atoms with Crippen molar-refractivity contribution in [3.05, 3.63) is 68.0 Å². The second kappa shape index (κ2) is 6.73. The molecule has 3 aromatic rings. The predicted octanol–water partition coefficient (Wildman–Crippen LogP) is 6.74. The minimum Gasteiger partial charge on any atom is -0.496 e. The lowest BCUT2D eigenvalue weighted by Gasteiger charge is -2.15. The number of nitrogens with zero attached hydrogens (tertiary/aromatic N) is 1. The number of H-pyrrole nitrogens is 1. The van der Waals surface area contributed by atoms with Gasteiger partial charge >= 0.3 is 0 Å². The highest BCUT2D eigenvalue weighted by Gasteiger charge is 2.50. The Bertz CT molecular complexity index is 1040. The molecule has 1 N–H and O–H groups in total. The number of benzene rings is 2. The fraction of sp³-hybridized carbons (Fsp3) is 0.286. The third-order valence-corrected chi connectivity index (χ3v) is 6.13. The lowest BCUT2D eigenvalue weighted by Crippen LogP contribution is -2.11. The van der Waals surface area contributed by atoms with Crippen LogP contribution in [0.15, 0.2) is 30.3 Å². The van der Waals surface area contributed by atoms with Crippen molar-refractivity contribution in [3.63, 3.8) is 0 Å². The van der Waals surface area contributed by atoms with E-state index in [2.05, 4.69) is 4.98 Å². The number of rotatable bonds is 4. The summed E-state index contributed by atoms with van der Waals surface area (Å²) in [6.07, 6.45) is 1.99. The van der Waals surface area contributed by atoms with E-state index in [0.29, 0.717) is 15.1 Å². The lowest BCUT2D eigenvalue weighted by atomic mass is 9.95. The van der Waals surface area contributed by atoms with Crippen LogP contribution in [0.3, 0.4) is 0 Å². The van der Waals surface area contributed by atoms with Gasteiger partial charge in [-0.1, -0.05) is 40.9 Å². The van der Waals surface area contributed by atoms with E-state index in [9.17, 15) is 0 Å². The maximum absolute atomic E-state index is 6.52. The van der Waals surface area contributed by atoms with Gasteiger partial charge in [0.1, 0.15) is 11.6 Å². The number of imidazole rings is 1. The third kappa shape index (κ3) is 3.12. The zero-order chi connectivity index (χ0) is 19.3. The molecule has 1 aliphatic rings. The van der Waals surface area contributed by atoms with Gasteiger partial charge in [-0.25, -0.2) is 4.98 Å². The van der Waals surface area contributed by atoms with Gasteiger partial charge in [0.2, 0.25) is 0 Å². The van der Waals surface area contributed by atoms with Gasteiger partial charge in [-0.15, -0.1) is 0 Å². The summed E-state index contributed by atoms with van der Waals surface area (Å²) in [6.45, 7) is 4.01. The highest BCUT2D eigenvalue weighted by atomic mass is 35.5. The van der Waals surface area contributed by atoms with Crippen molar-refractivity contribution in [3.8, 4) is 17.0 Å². The Hall–Kier alpha value is -1.68. The van der Waals surface area contributed by atoms with Crippen molar-refractivity contribution in [2.75, 3.05) is 7.11 Å². The average Bonchev–Trinajstić information content (AvgIpc) is 3.33. The molecule has 1 fully saturated rings. The maximum atomic E-state index is 6.52. The summed E-state index contributed by atoms with van der Waals surface area (Å²) in [5.74, 6) is 1.69. The summed E-state index contributed by atoms with van der Waals surface area (Å²) in [5.41, 5.74) is 4.63. The first-order valence-electron chi connectivity index (χ1n) is 8.73. The van der Waals surface area contributed by atoms with Gasteiger partial charge in [0.25, 0.3) is 0 Å². The average molecular weight is 422 g/mol. The van der Waals surface area contributed by atoms with Crippen LogP contribution in [0.25, 0.3) is 11.3 Å². The molecule has 0 radical (unpaired) electrons. The number of aromatic nitrogens is 2. The van der Waals surface area contributed by atoms with Crippen molar-refractivity contribution < 1.29 is 4.74 Å². The Morgan fingerprint density at radius 3 is 2.41 bits per heavy atom. The molecule has 6 heteroatoms. The third-order valence-electron chi connectivity index (χ3n) is 5.27. The molecule has 0 amide bonds. The van der Waals surface area contributed by atoms with Gasteiger partial charge in [-0.2, -0.15) is 0 Å². The maximum Gasteiger partial charge on any atom is 0.123 e. The van der Waals surface area contributed by atoms with E-state index in [1.807, 2.05) is 38.1 Å². The van der Waals surface area contributed by atoms with Crippen LogP contribution in [0.5, 0.6) is 5.75 Å². The van der Waals surface area contributed by atoms with Gasteiger partial charge < -0.3 is 9.72 Å². The summed E-state index contributed by atoms with van der Waals surface area (Å²) in [6, 6.07) is 9.52. The van der Waals surface area contributed by atoms with Crippen molar-refractivity contribution >= 4 is 34.8 Å². The predicted molar refractivity (Wildman–Crippen MR) is 112 cm³/mol. The molecular weight excluding hydrogens is 403 g/mol. The van der Waals surface area contributed by atoms with E-state index in [1.54, 1.807) is 13.2 Å². The van der Waals surface area contributed by atoms with Gasteiger partial charge in [-0.05, 0) is 62.1 Å². The minimum atomic E-state index is -0.182.